The Bertz CT molecular complexity index is 441. The van der Waals surface area contributed by atoms with Gasteiger partial charge in [-0.05, 0) is 38.5 Å². The van der Waals surface area contributed by atoms with Crippen molar-refractivity contribution >= 4 is 53.0 Å². The fourth-order valence-electron chi connectivity index (χ4n) is 1.95. The second kappa shape index (κ2) is 14.1. The minimum atomic E-state index is 0. The van der Waals surface area contributed by atoms with E-state index < -0.39 is 0 Å². The molecular formula is C16H29IN4OS2. The molecule has 24 heavy (non-hydrogen) atoms. The molecule has 0 saturated heterocycles. The summed E-state index contributed by atoms with van der Waals surface area (Å²) in [6, 6.07) is 0. The highest BCUT2D eigenvalue weighted by molar-refractivity contribution is 14.0. The Morgan fingerprint density at radius 1 is 1.42 bits per heavy atom. The van der Waals surface area contributed by atoms with Crippen molar-refractivity contribution in [3.8, 4) is 0 Å². The van der Waals surface area contributed by atoms with Gasteiger partial charge in [-0.2, -0.15) is 0 Å². The maximum absolute atomic E-state index is 5.64. The highest BCUT2D eigenvalue weighted by Crippen LogP contribution is 2.28. The third-order valence-corrected chi connectivity index (χ3v) is 5.41. The van der Waals surface area contributed by atoms with Gasteiger partial charge in [-0.1, -0.05) is 11.8 Å². The molecule has 0 bridgehead atoms. The number of aliphatic imine (C=N–C) groups is 1. The summed E-state index contributed by atoms with van der Waals surface area (Å²) >= 11 is 3.51. The second-order valence-electron chi connectivity index (χ2n) is 5.56. The van der Waals surface area contributed by atoms with Crippen molar-refractivity contribution in [3.63, 3.8) is 0 Å². The molecule has 5 nitrogen and oxygen atoms in total. The van der Waals surface area contributed by atoms with Gasteiger partial charge in [0, 0.05) is 50.2 Å². The predicted octanol–water partition coefficient (Wildman–Crippen LogP) is 3.62. The number of nitrogens with one attached hydrogen (secondary N) is 2. The van der Waals surface area contributed by atoms with Crippen molar-refractivity contribution in [2.75, 3.05) is 38.6 Å². The number of halogens is 1. The molecule has 1 heterocycles. The quantitative estimate of drug-likeness (QED) is 0.156. The zero-order chi connectivity index (χ0) is 16.2. The number of nitrogens with zero attached hydrogens (tertiary/aromatic N) is 2. The average Bonchev–Trinajstić information content (AvgIpc) is 3.23. The number of thiazole rings is 1. The molecule has 1 aliphatic rings. The summed E-state index contributed by atoms with van der Waals surface area (Å²) in [5.41, 5.74) is 0. The number of guanidine groups is 1. The van der Waals surface area contributed by atoms with Gasteiger partial charge >= 0.3 is 0 Å². The molecular weight excluding hydrogens is 455 g/mol. The lowest BCUT2D eigenvalue weighted by molar-refractivity contribution is 0.123. The Morgan fingerprint density at radius 3 is 3.00 bits per heavy atom. The summed E-state index contributed by atoms with van der Waals surface area (Å²) in [6.07, 6.45) is 6.65. The number of ether oxygens (including phenoxy) is 1. The molecule has 1 saturated carbocycles. The van der Waals surface area contributed by atoms with Crippen molar-refractivity contribution in [1.29, 1.82) is 0 Å². The topological polar surface area (TPSA) is 58.5 Å². The first-order chi connectivity index (χ1) is 11.4. The molecule has 1 fully saturated rings. The van der Waals surface area contributed by atoms with E-state index in [2.05, 4.69) is 27.5 Å². The lowest BCUT2D eigenvalue weighted by Gasteiger charge is -2.11. The van der Waals surface area contributed by atoms with Gasteiger partial charge in [-0.3, -0.25) is 4.99 Å². The summed E-state index contributed by atoms with van der Waals surface area (Å²) in [7, 11) is 0. The van der Waals surface area contributed by atoms with Gasteiger partial charge < -0.3 is 15.4 Å². The van der Waals surface area contributed by atoms with Gasteiger partial charge in [0.25, 0.3) is 0 Å². The zero-order valence-electron chi connectivity index (χ0n) is 14.3. The standard InChI is InChI=1S/C16H28N4OS2.HI/c1-2-17-15(18-7-3-10-21-13-14-5-6-14)19-8-4-11-22-16-20-9-12-23-16;/h9,12,14H,2-8,10-11,13H2,1H3,(H2,17,18,19);1H. The molecule has 2 N–H and O–H groups in total. The van der Waals surface area contributed by atoms with Crippen LogP contribution in [0.25, 0.3) is 0 Å². The fourth-order valence-corrected chi connectivity index (χ4v) is 3.59. The van der Waals surface area contributed by atoms with E-state index in [0.717, 1.165) is 67.7 Å². The molecule has 2 rings (SSSR count). The van der Waals surface area contributed by atoms with E-state index in [0.29, 0.717) is 0 Å². The number of thioether (sulfide) groups is 1. The van der Waals surface area contributed by atoms with Crippen molar-refractivity contribution in [2.45, 2.75) is 36.9 Å². The number of hydrogen-bond acceptors (Lipinski definition) is 5. The summed E-state index contributed by atoms with van der Waals surface area (Å²) in [5, 5.41) is 8.67. The second-order valence-corrected chi connectivity index (χ2v) is 7.80. The Morgan fingerprint density at radius 2 is 2.29 bits per heavy atom. The van der Waals surface area contributed by atoms with Crippen LogP contribution in [0.15, 0.2) is 20.9 Å². The van der Waals surface area contributed by atoms with Crippen molar-refractivity contribution in [3.05, 3.63) is 11.6 Å². The smallest absolute Gasteiger partial charge is 0.191 e. The minimum Gasteiger partial charge on any atom is -0.381 e. The van der Waals surface area contributed by atoms with E-state index in [-0.39, 0.29) is 24.0 Å². The maximum atomic E-state index is 5.64. The van der Waals surface area contributed by atoms with Gasteiger partial charge in [0.2, 0.25) is 0 Å². The Labute approximate surface area is 170 Å². The van der Waals surface area contributed by atoms with Gasteiger partial charge in [0.15, 0.2) is 5.96 Å². The van der Waals surface area contributed by atoms with Crippen LogP contribution in [-0.2, 0) is 4.74 Å². The maximum Gasteiger partial charge on any atom is 0.191 e. The van der Waals surface area contributed by atoms with E-state index in [1.54, 1.807) is 11.3 Å². The van der Waals surface area contributed by atoms with Crippen LogP contribution < -0.4 is 10.6 Å². The first-order valence-corrected chi connectivity index (χ1v) is 10.4. The van der Waals surface area contributed by atoms with Crippen LogP contribution in [0, 0.1) is 5.92 Å². The van der Waals surface area contributed by atoms with Crippen LogP contribution in [0.3, 0.4) is 0 Å². The largest absolute Gasteiger partial charge is 0.381 e. The molecule has 1 aromatic rings. The summed E-state index contributed by atoms with van der Waals surface area (Å²) < 4.78 is 6.78. The average molecular weight is 484 g/mol. The van der Waals surface area contributed by atoms with E-state index in [4.69, 9.17) is 4.74 Å². The number of hydrogen-bond donors (Lipinski definition) is 2. The molecule has 0 spiro atoms. The predicted molar refractivity (Wildman–Crippen MR) is 115 cm³/mol. The molecule has 138 valence electrons. The normalized spacial score (nSPS) is 14.3. The summed E-state index contributed by atoms with van der Waals surface area (Å²) in [6.45, 7) is 6.51. The van der Waals surface area contributed by atoms with E-state index >= 15 is 0 Å². The summed E-state index contributed by atoms with van der Waals surface area (Å²) in [5.74, 6) is 2.82. The van der Waals surface area contributed by atoms with E-state index in [9.17, 15) is 0 Å². The van der Waals surface area contributed by atoms with Crippen LogP contribution in [0.2, 0.25) is 0 Å². The SMILES string of the molecule is CCNC(=NCCCSc1nccs1)NCCCOCC1CC1.I. The molecule has 0 unspecified atom stereocenters. The van der Waals surface area contributed by atoms with Gasteiger partial charge in [0.05, 0.1) is 0 Å². The molecule has 1 aliphatic carbocycles. The molecule has 0 atom stereocenters. The van der Waals surface area contributed by atoms with Gasteiger partial charge in [-0.15, -0.1) is 35.3 Å². The Hall–Kier alpha value is -0.0600. The summed E-state index contributed by atoms with van der Waals surface area (Å²) in [4.78, 5) is 8.88. The molecule has 0 amide bonds. The minimum absolute atomic E-state index is 0. The molecule has 0 radical (unpaired) electrons. The molecule has 8 heteroatoms. The first kappa shape index (κ1) is 22.0. The number of rotatable bonds is 12. The third kappa shape index (κ3) is 10.7. The lowest BCUT2D eigenvalue weighted by atomic mass is 10.4. The Kier molecular flexibility index (Phi) is 13.0. The third-order valence-electron chi connectivity index (χ3n) is 3.36. The van der Waals surface area contributed by atoms with Crippen LogP contribution in [0.1, 0.15) is 32.6 Å². The highest BCUT2D eigenvalue weighted by Gasteiger charge is 2.20. The van der Waals surface area contributed by atoms with Crippen LogP contribution >= 0.6 is 47.1 Å². The van der Waals surface area contributed by atoms with Crippen LogP contribution in [-0.4, -0.2) is 49.5 Å². The van der Waals surface area contributed by atoms with E-state index in [1.165, 1.54) is 12.8 Å². The van der Waals surface area contributed by atoms with Gasteiger partial charge in [0.1, 0.15) is 4.34 Å². The van der Waals surface area contributed by atoms with Crippen LogP contribution in [0.5, 0.6) is 0 Å². The number of aromatic nitrogens is 1. The Balaban J connectivity index is 0.00000288. The first-order valence-electron chi connectivity index (χ1n) is 8.50. The molecule has 1 aromatic heterocycles. The lowest BCUT2D eigenvalue weighted by Crippen LogP contribution is -2.38. The van der Waals surface area contributed by atoms with Crippen molar-refractivity contribution in [2.24, 2.45) is 10.9 Å². The highest BCUT2D eigenvalue weighted by atomic mass is 127. The fraction of sp³-hybridized carbons (Fsp3) is 0.750. The van der Waals surface area contributed by atoms with E-state index in [1.807, 2.05) is 23.3 Å². The van der Waals surface area contributed by atoms with Crippen LogP contribution in [0.4, 0.5) is 0 Å². The monoisotopic (exact) mass is 484 g/mol. The van der Waals surface area contributed by atoms with Gasteiger partial charge in [-0.25, -0.2) is 4.98 Å². The zero-order valence-corrected chi connectivity index (χ0v) is 18.3. The van der Waals surface area contributed by atoms with Crippen molar-refractivity contribution in [1.82, 2.24) is 15.6 Å². The molecule has 0 aromatic carbocycles. The van der Waals surface area contributed by atoms with Crippen molar-refractivity contribution < 1.29 is 4.74 Å². The molecule has 0 aliphatic heterocycles.